The number of hydrogen-bond acceptors (Lipinski definition) is 5. The van der Waals surface area contributed by atoms with Crippen molar-refractivity contribution in [1.82, 2.24) is 10.6 Å². The van der Waals surface area contributed by atoms with Gasteiger partial charge in [0.05, 0.1) is 18.7 Å². The summed E-state index contributed by atoms with van der Waals surface area (Å²) in [7, 11) is 0. The first-order valence-electron chi connectivity index (χ1n) is 9.64. The predicted octanol–water partition coefficient (Wildman–Crippen LogP) is 2.01. The molecule has 7 heteroatoms. The molecule has 3 atom stereocenters. The summed E-state index contributed by atoms with van der Waals surface area (Å²) in [5.41, 5.74) is 0.157. The smallest absolute Gasteiger partial charge is 0.407 e. The third-order valence-corrected chi connectivity index (χ3v) is 3.97. The van der Waals surface area contributed by atoms with Gasteiger partial charge in [-0.1, -0.05) is 44.2 Å². The van der Waals surface area contributed by atoms with Crippen LogP contribution in [0, 0.1) is 5.92 Å². The lowest BCUT2D eigenvalue weighted by atomic mass is 9.99. The molecule has 0 aliphatic carbocycles. The van der Waals surface area contributed by atoms with Gasteiger partial charge in [0.1, 0.15) is 5.60 Å². The number of carbonyl (C=O) groups excluding carboxylic acids is 2. The van der Waals surface area contributed by atoms with Crippen molar-refractivity contribution in [3.63, 3.8) is 0 Å². The van der Waals surface area contributed by atoms with Gasteiger partial charge in [-0.3, -0.25) is 4.79 Å². The van der Waals surface area contributed by atoms with Crippen molar-refractivity contribution in [3.8, 4) is 0 Å². The number of carbonyl (C=O) groups is 2. The summed E-state index contributed by atoms with van der Waals surface area (Å²) in [4.78, 5) is 24.7. The largest absolute Gasteiger partial charge is 0.444 e. The van der Waals surface area contributed by atoms with E-state index in [0.717, 1.165) is 5.56 Å². The lowest BCUT2D eigenvalue weighted by Crippen LogP contribution is -2.54. The van der Waals surface area contributed by atoms with E-state index in [1.165, 1.54) is 0 Å². The molecular weight excluding hydrogens is 360 g/mol. The highest BCUT2D eigenvalue weighted by Gasteiger charge is 2.30. The van der Waals surface area contributed by atoms with Gasteiger partial charge in [0, 0.05) is 0 Å². The summed E-state index contributed by atoms with van der Waals surface area (Å²) < 4.78 is 5.26. The van der Waals surface area contributed by atoms with E-state index in [0.29, 0.717) is 6.42 Å². The fourth-order valence-corrected chi connectivity index (χ4v) is 2.79. The standard InChI is InChI=1S/C21H34N2O5/c1-14(2)11-16(13-24)22-19(26)18(25)17(12-15-9-7-6-8-10-15)23-20(27)28-21(3,4)5/h6-10,14,16-18,24-25H,11-13H2,1-5H3,(H,22,26)(H,23,27)/t16-,17+,18-/m0/s1. The van der Waals surface area contributed by atoms with Gasteiger partial charge >= 0.3 is 6.09 Å². The molecule has 0 bridgehead atoms. The van der Waals surface area contributed by atoms with Gasteiger partial charge in [0.25, 0.3) is 5.91 Å². The Morgan fingerprint density at radius 3 is 2.21 bits per heavy atom. The number of aliphatic hydroxyl groups excluding tert-OH is 2. The molecule has 0 fully saturated rings. The number of alkyl carbamates (subject to hydrolysis) is 1. The number of aliphatic hydroxyl groups is 2. The van der Waals surface area contributed by atoms with Crippen LogP contribution in [0.3, 0.4) is 0 Å². The molecule has 1 aromatic carbocycles. The van der Waals surface area contributed by atoms with E-state index >= 15 is 0 Å². The molecule has 0 heterocycles. The Kier molecular flexibility index (Phi) is 9.41. The monoisotopic (exact) mass is 394 g/mol. The average molecular weight is 395 g/mol. The molecule has 0 aliphatic heterocycles. The predicted molar refractivity (Wildman–Crippen MR) is 108 cm³/mol. The molecular formula is C21H34N2O5. The summed E-state index contributed by atoms with van der Waals surface area (Å²) >= 11 is 0. The third kappa shape index (κ3) is 9.19. The van der Waals surface area contributed by atoms with Crippen LogP contribution in [0.15, 0.2) is 30.3 Å². The maximum absolute atomic E-state index is 12.5. The first-order valence-corrected chi connectivity index (χ1v) is 9.64. The molecule has 2 amide bonds. The molecule has 28 heavy (non-hydrogen) atoms. The molecule has 1 rings (SSSR count). The zero-order valence-electron chi connectivity index (χ0n) is 17.4. The molecule has 0 radical (unpaired) electrons. The van der Waals surface area contributed by atoms with E-state index in [1.807, 2.05) is 44.2 Å². The topological polar surface area (TPSA) is 108 Å². The van der Waals surface area contributed by atoms with Gasteiger partial charge in [-0.15, -0.1) is 0 Å². The van der Waals surface area contributed by atoms with Crippen LogP contribution < -0.4 is 10.6 Å². The second-order valence-corrected chi connectivity index (χ2v) is 8.40. The fourth-order valence-electron chi connectivity index (χ4n) is 2.79. The maximum Gasteiger partial charge on any atom is 0.407 e. The van der Waals surface area contributed by atoms with Crippen molar-refractivity contribution in [2.45, 2.75) is 71.2 Å². The van der Waals surface area contributed by atoms with Crippen LogP contribution in [-0.4, -0.2) is 52.6 Å². The van der Waals surface area contributed by atoms with Crippen molar-refractivity contribution in [2.24, 2.45) is 5.92 Å². The number of benzene rings is 1. The Hall–Kier alpha value is -2.12. The normalized spacial score (nSPS) is 14.9. The van der Waals surface area contributed by atoms with E-state index in [1.54, 1.807) is 20.8 Å². The molecule has 0 spiro atoms. The van der Waals surface area contributed by atoms with Gasteiger partial charge in [0.15, 0.2) is 6.10 Å². The molecule has 0 aromatic heterocycles. The van der Waals surface area contributed by atoms with Crippen molar-refractivity contribution < 1.29 is 24.5 Å². The van der Waals surface area contributed by atoms with Crippen LogP contribution in [0.4, 0.5) is 4.79 Å². The number of ether oxygens (including phenoxy) is 1. The van der Waals surface area contributed by atoms with Crippen molar-refractivity contribution in [1.29, 1.82) is 0 Å². The summed E-state index contributed by atoms with van der Waals surface area (Å²) in [6.45, 7) is 8.94. The molecule has 0 aliphatic rings. The van der Waals surface area contributed by atoms with Crippen LogP contribution in [-0.2, 0) is 16.0 Å². The van der Waals surface area contributed by atoms with Crippen LogP contribution in [0.2, 0.25) is 0 Å². The Balaban J connectivity index is 2.89. The number of amides is 2. The summed E-state index contributed by atoms with van der Waals surface area (Å²) in [5.74, 6) is -0.369. The van der Waals surface area contributed by atoms with Crippen LogP contribution in [0.5, 0.6) is 0 Å². The van der Waals surface area contributed by atoms with Gasteiger partial charge in [0.2, 0.25) is 0 Å². The van der Waals surface area contributed by atoms with E-state index in [-0.39, 0.29) is 18.9 Å². The minimum atomic E-state index is -1.49. The lowest BCUT2D eigenvalue weighted by molar-refractivity contribution is -0.131. The highest BCUT2D eigenvalue weighted by molar-refractivity contribution is 5.82. The molecule has 0 saturated carbocycles. The van der Waals surface area contributed by atoms with Gasteiger partial charge in [-0.2, -0.15) is 0 Å². The average Bonchev–Trinajstić information content (AvgIpc) is 2.58. The van der Waals surface area contributed by atoms with E-state index in [2.05, 4.69) is 10.6 Å². The second-order valence-electron chi connectivity index (χ2n) is 8.40. The molecule has 0 saturated heterocycles. The summed E-state index contributed by atoms with van der Waals surface area (Å²) in [6.07, 6.45) is -1.37. The Bertz CT molecular complexity index is 613. The lowest BCUT2D eigenvalue weighted by Gasteiger charge is -2.27. The number of nitrogens with one attached hydrogen (secondary N) is 2. The summed E-state index contributed by atoms with van der Waals surface area (Å²) in [6, 6.07) is 7.92. The van der Waals surface area contributed by atoms with Crippen LogP contribution >= 0.6 is 0 Å². The molecule has 4 N–H and O–H groups in total. The van der Waals surface area contributed by atoms with Gasteiger partial charge in [-0.25, -0.2) is 4.79 Å². The minimum Gasteiger partial charge on any atom is -0.444 e. The SMILES string of the molecule is CC(C)C[C@@H](CO)NC(=O)[C@@H](O)[C@@H](Cc1ccccc1)NC(=O)OC(C)(C)C. The number of hydrogen-bond donors (Lipinski definition) is 4. The van der Waals surface area contributed by atoms with Gasteiger partial charge in [-0.05, 0) is 45.1 Å². The first-order chi connectivity index (χ1) is 13.0. The van der Waals surface area contributed by atoms with Crippen molar-refractivity contribution >= 4 is 12.0 Å². The quantitative estimate of drug-likeness (QED) is 0.512. The number of rotatable bonds is 9. The zero-order valence-corrected chi connectivity index (χ0v) is 17.4. The van der Waals surface area contributed by atoms with Gasteiger partial charge < -0.3 is 25.6 Å². The zero-order chi connectivity index (χ0) is 21.3. The highest BCUT2D eigenvalue weighted by Crippen LogP contribution is 2.11. The van der Waals surface area contributed by atoms with Crippen LogP contribution in [0.25, 0.3) is 0 Å². The molecule has 158 valence electrons. The van der Waals surface area contributed by atoms with E-state index in [9.17, 15) is 19.8 Å². The Morgan fingerprint density at radius 1 is 1.11 bits per heavy atom. The van der Waals surface area contributed by atoms with Crippen molar-refractivity contribution in [3.05, 3.63) is 35.9 Å². The van der Waals surface area contributed by atoms with E-state index < -0.39 is 35.8 Å². The Labute approximate surface area is 167 Å². The van der Waals surface area contributed by atoms with Crippen molar-refractivity contribution in [2.75, 3.05) is 6.61 Å². The highest BCUT2D eigenvalue weighted by atomic mass is 16.6. The molecule has 1 aromatic rings. The molecule has 0 unspecified atom stereocenters. The minimum absolute atomic E-state index is 0.223. The molecule has 7 nitrogen and oxygen atoms in total. The second kappa shape index (κ2) is 11.0. The Morgan fingerprint density at radius 2 is 1.71 bits per heavy atom. The first kappa shape index (κ1) is 23.9. The van der Waals surface area contributed by atoms with E-state index in [4.69, 9.17) is 4.74 Å². The fraction of sp³-hybridized carbons (Fsp3) is 0.619. The third-order valence-electron chi connectivity index (χ3n) is 3.97. The summed E-state index contributed by atoms with van der Waals surface area (Å²) in [5, 5.41) is 25.3. The van der Waals surface area contributed by atoms with Crippen LogP contribution in [0.1, 0.15) is 46.6 Å². The maximum atomic E-state index is 12.5.